The highest BCUT2D eigenvalue weighted by molar-refractivity contribution is 5.83. The van der Waals surface area contributed by atoms with Gasteiger partial charge in [0.05, 0.1) is 77.9 Å². The van der Waals surface area contributed by atoms with Crippen molar-refractivity contribution in [3.63, 3.8) is 0 Å². The van der Waals surface area contributed by atoms with E-state index in [2.05, 4.69) is 188 Å². The molecule has 6 rings (SSSR count). The van der Waals surface area contributed by atoms with E-state index in [1.807, 2.05) is 182 Å². The maximum Gasteiger partial charge on any atom is 0.311 e. The van der Waals surface area contributed by atoms with Crippen LogP contribution in [0, 0.1) is 56.2 Å². The average Bonchev–Trinajstić information content (AvgIpc) is 0.813. The molecule has 23 nitrogen and oxygen atoms in total. The number of ether oxygens (including phenoxy) is 7. The molecule has 0 spiro atoms. The summed E-state index contributed by atoms with van der Waals surface area (Å²) in [6.07, 6.45) is 13.6. The molecule has 0 saturated carbocycles. The Morgan fingerprint density at radius 1 is 0.289 bits per heavy atom. The van der Waals surface area contributed by atoms with Crippen LogP contribution < -0.4 is 9.47 Å². The normalized spacial score (nSPS) is 12.0. The summed E-state index contributed by atoms with van der Waals surface area (Å²) in [7, 11) is 1.42. The third-order valence-electron chi connectivity index (χ3n) is 26.0. The van der Waals surface area contributed by atoms with Gasteiger partial charge in [-0.1, -0.05) is 305 Å². The summed E-state index contributed by atoms with van der Waals surface area (Å²) in [5, 5.41) is 50.3. The van der Waals surface area contributed by atoms with Gasteiger partial charge in [-0.3, -0.25) is 47.9 Å². The zero-order valence-electron chi connectivity index (χ0n) is 94.2. The Kier molecular flexibility index (Phi) is 73.9. The fourth-order valence-corrected chi connectivity index (χ4v) is 10.6. The number of carbonyl (C=O) groups is 10. The van der Waals surface area contributed by atoms with Crippen molar-refractivity contribution in [2.45, 2.75) is 354 Å². The van der Waals surface area contributed by atoms with Crippen molar-refractivity contribution in [2.24, 2.45) is 56.2 Å². The lowest BCUT2D eigenvalue weighted by molar-refractivity contribution is -0.155. The van der Waals surface area contributed by atoms with Gasteiger partial charge < -0.3 is 63.8 Å². The third-order valence-corrected chi connectivity index (χ3v) is 26.0. The van der Waals surface area contributed by atoms with Crippen molar-refractivity contribution in [3.8, 4) is 11.5 Å². The molecule has 0 aliphatic rings. The summed E-state index contributed by atoms with van der Waals surface area (Å²) in [5.41, 5.74) is 6.60. The monoisotopic (exact) mass is 1990 g/mol. The molecule has 0 aliphatic carbocycles. The SMILES string of the molecule is CCC(C)(C)C(=O)O.CCC(C)(C)C(=O)O.CCC(C)(C)C(=O)OC.CCC(C)(C)C(=O)OCCO.CCC(C)(C)C(=O)OCCO.CCC(C)C(=O)COc1ccc(C(C)(C)c2ccccc2)cc1.CCC(C)C(=O)COc1ccc(C(C)(C)c2ccccc2)cc1.CCC(C)C(=O)O.CCC(C)C(=O)OCCCCO.CCCCOC(=O)C(C)(C)CC.CCCc1ccc(C(C)(C)c2ccccc2)cc1. The Bertz CT molecular complexity index is 4200. The number of carboxylic acids is 3. The lowest BCUT2D eigenvalue weighted by Crippen LogP contribution is -2.26. The van der Waals surface area contributed by atoms with Gasteiger partial charge in [0, 0.05) is 34.7 Å². The minimum Gasteiger partial charge on any atom is -0.486 e. The fourth-order valence-electron chi connectivity index (χ4n) is 10.6. The van der Waals surface area contributed by atoms with Gasteiger partial charge in [-0.15, -0.1) is 0 Å². The molecule has 0 heterocycles. The molecule has 0 aliphatic heterocycles. The second kappa shape index (κ2) is 74.7. The highest BCUT2D eigenvalue weighted by Gasteiger charge is 2.32. The van der Waals surface area contributed by atoms with Gasteiger partial charge in [0.2, 0.25) is 0 Å². The molecular formula is C119H192O23. The summed E-state index contributed by atoms with van der Waals surface area (Å²) in [4.78, 5) is 110. The maximum atomic E-state index is 11.8. The number of aliphatic hydroxyl groups is 3. The molecule has 0 bridgehead atoms. The molecule has 0 saturated heterocycles. The predicted molar refractivity (Wildman–Crippen MR) is 576 cm³/mol. The van der Waals surface area contributed by atoms with Gasteiger partial charge in [-0.25, -0.2) is 0 Å². The number of ketones is 2. The Hall–Kier alpha value is -10.1. The van der Waals surface area contributed by atoms with Crippen LogP contribution in [0.15, 0.2) is 164 Å². The van der Waals surface area contributed by atoms with Crippen LogP contribution in [0.25, 0.3) is 0 Å². The zero-order valence-corrected chi connectivity index (χ0v) is 94.2. The summed E-state index contributed by atoms with van der Waals surface area (Å²) in [6.45, 7) is 67.8. The highest BCUT2D eigenvalue weighted by Crippen LogP contribution is 2.36. The summed E-state index contributed by atoms with van der Waals surface area (Å²) >= 11 is 0. The van der Waals surface area contributed by atoms with Crippen LogP contribution in [0.4, 0.5) is 0 Å². The van der Waals surface area contributed by atoms with Crippen LogP contribution in [0.2, 0.25) is 0 Å². The topological polar surface area (TPSA) is 357 Å². The second-order valence-corrected chi connectivity index (χ2v) is 40.9. The van der Waals surface area contributed by atoms with Crippen LogP contribution in [-0.2, 0) is 94.3 Å². The lowest BCUT2D eigenvalue weighted by atomic mass is 9.78. The number of unbranched alkanes of at least 4 members (excludes halogenated alkanes) is 2. The van der Waals surface area contributed by atoms with E-state index in [0.717, 1.165) is 82.1 Å². The van der Waals surface area contributed by atoms with E-state index >= 15 is 0 Å². The van der Waals surface area contributed by atoms with Gasteiger partial charge in [0.25, 0.3) is 0 Å². The number of hydrogen-bond acceptors (Lipinski definition) is 20. The number of aliphatic carboxylic acids is 3. The van der Waals surface area contributed by atoms with Gasteiger partial charge >= 0.3 is 47.8 Å². The number of rotatable bonds is 45. The smallest absolute Gasteiger partial charge is 0.311 e. The number of aliphatic hydroxyl groups excluding tert-OH is 3. The van der Waals surface area contributed by atoms with Crippen molar-refractivity contribution in [3.05, 3.63) is 203 Å². The van der Waals surface area contributed by atoms with Gasteiger partial charge in [0.15, 0.2) is 11.6 Å². The number of hydrogen-bond donors (Lipinski definition) is 6. The number of esters is 5. The summed E-state index contributed by atoms with van der Waals surface area (Å²) < 4.78 is 35.4. The molecule has 6 N–H and O–H groups in total. The van der Waals surface area contributed by atoms with E-state index in [4.69, 9.17) is 59.1 Å². The van der Waals surface area contributed by atoms with E-state index in [1.165, 1.54) is 58.9 Å². The van der Waals surface area contributed by atoms with Crippen molar-refractivity contribution in [1.82, 2.24) is 0 Å². The standard InChI is InChI=1S/2C21H26O2.C18H22.C10H20O2.C9H18O3.2C8H16O3.C7H14O2.2C6H12O2.C5H10O2/c2*1-5-16(2)20(22)15-23-19-13-11-18(12-14-19)21(3,4)17-9-7-6-8-10-17;1-4-8-15-11-13-17(14-12-15)18(2,3)16-9-6-5-7-10-16;1-5-7-8-12-9(11)10(3,4)6-2;1-3-8(2)9(11)12-7-5-4-6-10;2*1-4-8(2,3)7(10)11-6-5-9;1-5-7(2,3)6(8)9-4;2*1-4-6(2,3)5(7)8;1-3-4(2)5(6)7/h2*6-14,16H,5,15H2,1-4H3;5-7,9-14H,4,8H2,1-3H3;5-8H2,1-4H3;8,10H,3-7H2,1-2H3;2*9H,4-6H2,1-3H3;5H2,1-4H3;2*4H2,1-3H3,(H,7,8);4H,3H2,1-2H3,(H,6,7). The number of benzene rings is 6. The lowest BCUT2D eigenvalue weighted by Gasteiger charge is -2.26. The van der Waals surface area contributed by atoms with Crippen molar-refractivity contribution < 1.29 is 112 Å². The van der Waals surface area contributed by atoms with Crippen molar-refractivity contribution in [1.29, 1.82) is 0 Å². The number of Topliss-reactive ketones (excluding diaryl/α,β-unsaturated/α-hetero) is 2. The van der Waals surface area contributed by atoms with Crippen molar-refractivity contribution in [2.75, 3.05) is 66.6 Å². The largest absolute Gasteiger partial charge is 0.486 e. The minimum atomic E-state index is -0.722. The number of carboxylic acid groups (broad SMARTS) is 3. The Morgan fingerprint density at radius 2 is 0.556 bits per heavy atom. The minimum absolute atomic E-state index is 0.000809. The maximum absolute atomic E-state index is 11.8. The highest BCUT2D eigenvalue weighted by atomic mass is 16.6. The first-order valence-electron chi connectivity index (χ1n) is 51.2. The molecule has 142 heavy (non-hydrogen) atoms. The van der Waals surface area contributed by atoms with Gasteiger partial charge in [-0.05, 0) is 236 Å². The first kappa shape index (κ1) is 140. The molecule has 806 valence electrons. The number of carbonyl (C=O) groups excluding carboxylic acids is 7. The molecule has 0 amide bonds. The first-order chi connectivity index (χ1) is 66.1. The number of methoxy groups -OCH3 is 1. The molecule has 4 unspecified atom stereocenters. The van der Waals surface area contributed by atoms with E-state index in [9.17, 15) is 47.9 Å². The molecule has 0 fully saturated rings. The first-order valence-corrected chi connectivity index (χ1v) is 51.2. The Morgan fingerprint density at radius 3 is 0.775 bits per heavy atom. The second-order valence-electron chi connectivity index (χ2n) is 40.9. The Balaban J connectivity index is -0.000000497. The molecule has 6 aromatic carbocycles. The van der Waals surface area contributed by atoms with E-state index < -0.39 is 39.6 Å². The Labute approximate surface area is 857 Å². The van der Waals surface area contributed by atoms with E-state index in [1.54, 1.807) is 34.6 Å². The van der Waals surface area contributed by atoms with Crippen molar-refractivity contribution >= 4 is 59.3 Å². The fraction of sp³-hybridized carbons (Fsp3) is 0.613. The quantitative estimate of drug-likeness (QED) is 0.0117. The molecular weight excluding hydrogens is 1800 g/mol. The molecule has 0 aromatic heterocycles. The zero-order chi connectivity index (χ0) is 110. The molecule has 0 radical (unpaired) electrons. The van der Waals surface area contributed by atoms with Gasteiger partial charge in [-0.2, -0.15) is 0 Å². The summed E-state index contributed by atoms with van der Waals surface area (Å²) in [6, 6.07) is 56.8. The molecule has 4 atom stereocenters. The van der Waals surface area contributed by atoms with Gasteiger partial charge in [0.1, 0.15) is 37.9 Å². The predicted octanol–water partition coefficient (Wildman–Crippen LogP) is 26.7. The third kappa shape index (κ3) is 58.6. The van der Waals surface area contributed by atoms with Crippen LogP contribution in [0.3, 0.4) is 0 Å². The summed E-state index contributed by atoms with van der Waals surface area (Å²) in [5.74, 6) is -1.23. The molecule has 23 heteroatoms. The van der Waals surface area contributed by atoms with E-state index in [-0.39, 0.29) is 138 Å². The van der Waals surface area contributed by atoms with Crippen LogP contribution in [-0.4, -0.2) is 157 Å². The van der Waals surface area contributed by atoms with Crippen LogP contribution >= 0.6 is 0 Å². The average molecular weight is 1990 g/mol. The molecule has 6 aromatic rings. The van der Waals surface area contributed by atoms with Crippen LogP contribution in [0.5, 0.6) is 11.5 Å². The van der Waals surface area contributed by atoms with E-state index in [0.29, 0.717) is 32.5 Å². The van der Waals surface area contributed by atoms with Crippen LogP contribution in [0.1, 0.15) is 371 Å². The number of aryl methyl sites for hydroxylation is 1.